The lowest BCUT2D eigenvalue weighted by Crippen LogP contribution is -2.38. The molecule has 142 valence electrons. The fourth-order valence-electron chi connectivity index (χ4n) is 4.03. The number of aliphatic imine (C=N–C) groups is 1. The van der Waals surface area contributed by atoms with E-state index in [4.69, 9.17) is 0 Å². The standard InChI is InChI=1S/C21H27N5O/c1-2-17(25-10-3-4-11-25)6-5-16-7-9-22-13-18(16)21(27)26-12-8-19-20(14-26)24-15-23-19/h2,5-6,13,15H,3-4,7-12,14H2,1H3,(H,23,24)/b6-5-,17-2+. The van der Waals surface area contributed by atoms with Crippen LogP contribution in [0, 0.1) is 0 Å². The van der Waals surface area contributed by atoms with Gasteiger partial charge >= 0.3 is 0 Å². The highest BCUT2D eigenvalue weighted by Crippen LogP contribution is 2.22. The summed E-state index contributed by atoms with van der Waals surface area (Å²) in [5, 5.41) is 0. The van der Waals surface area contributed by atoms with Crippen LogP contribution in [0.4, 0.5) is 0 Å². The van der Waals surface area contributed by atoms with Crippen LogP contribution in [0.25, 0.3) is 0 Å². The molecular weight excluding hydrogens is 338 g/mol. The second-order valence-electron chi connectivity index (χ2n) is 7.27. The predicted molar refractivity (Wildman–Crippen MR) is 106 cm³/mol. The smallest absolute Gasteiger partial charge is 0.256 e. The van der Waals surface area contributed by atoms with Crippen molar-refractivity contribution in [1.82, 2.24) is 19.8 Å². The number of carbonyl (C=O) groups excluding carboxylic acids is 1. The van der Waals surface area contributed by atoms with Crippen molar-refractivity contribution in [2.75, 3.05) is 26.2 Å². The first-order valence-corrected chi connectivity index (χ1v) is 9.89. The van der Waals surface area contributed by atoms with Gasteiger partial charge in [-0.15, -0.1) is 0 Å². The van der Waals surface area contributed by atoms with E-state index in [1.807, 2.05) is 4.90 Å². The Morgan fingerprint density at radius 1 is 1.19 bits per heavy atom. The molecular formula is C21H27N5O. The third-order valence-electron chi connectivity index (χ3n) is 5.59. The average Bonchev–Trinajstić information content (AvgIpc) is 3.39. The van der Waals surface area contributed by atoms with Gasteiger partial charge in [-0.25, -0.2) is 4.98 Å². The number of hydrogen-bond acceptors (Lipinski definition) is 4. The molecule has 1 N–H and O–H groups in total. The summed E-state index contributed by atoms with van der Waals surface area (Å²) >= 11 is 0. The van der Waals surface area contributed by atoms with E-state index in [0.29, 0.717) is 13.1 Å². The Morgan fingerprint density at radius 2 is 2.04 bits per heavy atom. The van der Waals surface area contributed by atoms with Crippen LogP contribution in [0.5, 0.6) is 0 Å². The van der Waals surface area contributed by atoms with Gasteiger partial charge in [0.2, 0.25) is 0 Å². The maximum atomic E-state index is 13.1. The zero-order chi connectivity index (χ0) is 18.6. The molecule has 1 fully saturated rings. The third-order valence-corrected chi connectivity index (χ3v) is 5.59. The molecule has 6 heteroatoms. The molecule has 0 aromatic carbocycles. The lowest BCUT2D eigenvalue weighted by atomic mass is 10.00. The van der Waals surface area contributed by atoms with Gasteiger partial charge in [-0.05, 0) is 37.8 Å². The number of carbonyl (C=O) groups is 1. The molecule has 1 amide bonds. The molecule has 27 heavy (non-hydrogen) atoms. The lowest BCUT2D eigenvalue weighted by Gasteiger charge is -2.28. The quantitative estimate of drug-likeness (QED) is 0.834. The molecule has 0 atom stereocenters. The second-order valence-corrected chi connectivity index (χ2v) is 7.27. The van der Waals surface area contributed by atoms with Gasteiger partial charge in [0.05, 0.1) is 29.8 Å². The molecule has 1 saturated heterocycles. The van der Waals surface area contributed by atoms with Gasteiger partial charge in [-0.3, -0.25) is 9.79 Å². The summed E-state index contributed by atoms with van der Waals surface area (Å²) in [7, 11) is 0. The van der Waals surface area contributed by atoms with Crippen molar-refractivity contribution < 1.29 is 4.79 Å². The first kappa shape index (κ1) is 17.8. The van der Waals surface area contributed by atoms with Crippen LogP contribution in [0.15, 0.2) is 46.4 Å². The Labute approximate surface area is 160 Å². The molecule has 0 saturated carbocycles. The summed E-state index contributed by atoms with van der Waals surface area (Å²) in [5.74, 6) is 0.0709. The lowest BCUT2D eigenvalue weighted by molar-refractivity contribution is -0.127. The predicted octanol–water partition coefficient (Wildman–Crippen LogP) is 2.62. The first-order valence-electron chi connectivity index (χ1n) is 9.89. The Hall–Kier alpha value is -2.63. The van der Waals surface area contributed by atoms with Crippen LogP contribution >= 0.6 is 0 Å². The number of likely N-dealkylation sites (tertiary alicyclic amines) is 1. The second kappa shape index (κ2) is 7.94. The minimum Gasteiger partial charge on any atom is -0.372 e. The number of nitrogens with one attached hydrogen (secondary N) is 1. The van der Waals surface area contributed by atoms with E-state index in [0.717, 1.165) is 55.0 Å². The summed E-state index contributed by atoms with van der Waals surface area (Å²) in [5.41, 5.74) is 5.19. The SMILES string of the molecule is C/C=C(\C=C/C1=C(C(=O)N2CCc3nc[nH]c3C2)C=NCC1)N1CCCC1. The molecule has 3 aliphatic heterocycles. The minimum atomic E-state index is 0.0709. The van der Waals surface area contributed by atoms with E-state index in [9.17, 15) is 4.79 Å². The summed E-state index contributed by atoms with van der Waals surface area (Å²) in [6, 6.07) is 0. The summed E-state index contributed by atoms with van der Waals surface area (Å²) < 4.78 is 0. The number of amides is 1. The summed E-state index contributed by atoms with van der Waals surface area (Å²) in [6.45, 7) is 6.37. The topological polar surface area (TPSA) is 64.6 Å². The molecule has 6 nitrogen and oxygen atoms in total. The molecule has 3 aliphatic rings. The van der Waals surface area contributed by atoms with Gasteiger partial charge in [0.25, 0.3) is 5.91 Å². The van der Waals surface area contributed by atoms with E-state index in [1.165, 1.54) is 18.5 Å². The van der Waals surface area contributed by atoms with Crippen molar-refractivity contribution in [3.8, 4) is 0 Å². The Kier molecular flexibility index (Phi) is 5.23. The van der Waals surface area contributed by atoms with Crippen LogP contribution in [0.1, 0.15) is 37.6 Å². The molecule has 0 unspecified atom stereocenters. The normalized spacial score (nSPS) is 20.7. The Balaban J connectivity index is 1.53. The molecule has 0 radical (unpaired) electrons. The number of H-pyrrole nitrogens is 1. The number of fused-ring (bicyclic) bond motifs is 1. The number of allylic oxidation sites excluding steroid dienone is 3. The van der Waals surface area contributed by atoms with Crippen molar-refractivity contribution in [2.45, 2.75) is 39.2 Å². The highest BCUT2D eigenvalue weighted by atomic mass is 16.2. The Morgan fingerprint density at radius 3 is 2.85 bits per heavy atom. The van der Waals surface area contributed by atoms with Gasteiger partial charge in [0.1, 0.15) is 0 Å². The number of hydrogen-bond donors (Lipinski definition) is 1. The fourth-order valence-corrected chi connectivity index (χ4v) is 4.03. The van der Waals surface area contributed by atoms with E-state index < -0.39 is 0 Å². The van der Waals surface area contributed by atoms with Crippen molar-refractivity contribution in [3.05, 3.63) is 52.8 Å². The van der Waals surface area contributed by atoms with E-state index >= 15 is 0 Å². The highest BCUT2D eigenvalue weighted by molar-refractivity contribution is 6.13. The fraction of sp³-hybridized carbons (Fsp3) is 0.476. The van der Waals surface area contributed by atoms with Gasteiger partial charge in [0.15, 0.2) is 0 Å². The van der Waals surface area contributed by atoms with Gasteiger partial charge in [-0.2, -0.15) is 0 Å². The minimum absolute atomic E-state index is 0.0709. The largest absolute Gasteiger partial charge is 0.372 e. The van der Waals surface area contributed by atoms with Crippen molar-refractivity contribution >= 4 is 12.1 Å². The van der Waals surface area contributed by atoms with Crippen LogP contribution in [0.2, 0.25) is 0 Å². The summed E-state index contributed by atoms with van der Waals surface area (Å²) in [4.78, 5) is 29.3. The van der Waals surface area contributed by atoms with Gasteiger partial charge < -0.3 is 14.8 Å². The number of rotatable bonds is 4. The number of nitrogens with zero attached hydrogens (tertiary/aromatic N) is 4. The average molecular weight is 365 g/mol. The van der Waals surface area contributed by atoms with E-state index in [1.54, 1.807) is 12.5 Å². The summed E-state index contributed by atoms with van der Waals surface area (Å²) in [6.07, 6.45) is 14.1. The number of aromatic amines is 1. The van der Waals surface area contributed by atoms with Crippen LogP contribution in [-0.4, -0.2) is 58.1 Å². The molecule has 0 bridgehead atoms. The van der Waals surface area contributed by atoms with E-state index in [-0.39, 0.29) is 5.91 Å². The maximum absolute atomic E-state index is 13.1. The number of aromatic nitrogens is 2. The van der Waals surface area contributed by atoms with Gasteiger partial charge in [0, 0.05) is 44.5 Å². The number of dihydropyridines is 1. The molecule has 4 rings (SSSR count). The van der Waals surface area contributed by atoms with Crippen molar-refractivity contribution in [1.29, 1.82) is 0 Å². The highest BCUT2D eigenvalue weighted by Gasteiger charge is 2.26. The zero-order valence-electron chi connectivity index (χ0n) is 15.9. The third kappa shape index (κ3) is 3.75. The zero-order valence-corrected chi connectivity index (χ0v) is 15.9. The number of imidazole rings is 1. The first-order chi connectivity index (χ1) is 13.3. The molecule has 0 aliphatic carbocycles. The Bertz CT molecular complexity index is 823. The molecule has 4 heterocycles. The molecule has 1 aromatic rings. The van der Waals surface area contributed by atoms with Crippen molar-refractivity contribution in [3.63, 3.8) is 0 Å². The monoisotopic (exact) mass is 365 g/mol. The molecule has 1 aromatic heterocycles. The van der Waals surface area contributed by atoms with Gasteiger partial charge in [-0.1, -0.05) is 12.2 Å². The maximum Gasteiger partial charge on any atom is 0.256 e. The molecule has 0 spiro atoms. The van der Waals surface area contributed by atoms with E-state index in [2.05, 4.69) is 45.0 Å². The van der Waals surface area contributed by atoms with Crippen LogP contribution < -0.4 is 0 Å². The van der Waals surface area contributed by atoms with Crippen LogP contribution in [0.3, 0.4) is 0 Å². The van der Waals surface area contributed by atoms with Crippen LogP contribution in [-0.2, 0) is 17.8 Å². The van der Waals surface area contributed by atoms with Crippen molar-refractivity contribution in [2.24, 2.45) is 4.99 Å².